The van der Waals surface area contributed by atoms with Crippen LogP contribution in [0.1, 0.15) is 25.7 Å². The highest BCUT2D eigenvalue weighted by atomic mass is 16.5. The number of para-hydroxylation sites is 1. The summed E-state index contributed by atoms with van der Waals surface area (Å²) in [7, 11) is 0. The molecule has 24 heavy (non-hydrogen) atoms. The van der Waals surface area contributed by atoms with Gasteiger partial charge in [0.15, 0.2) is 0 Å². The molecule has 0 amide bonds. The van der Waals surface area contributed by atoms with Crippen molar-refractivity contribution in [1.29, 1.82) is 0 Å². The number of carboxylic acid groups (broad SMARTS) is 1. The van der Waals surface area contributed by atoms with E-state index < -0.39 is 5.97 Å². The normalized spacial score (nSPS) is 13.5. The van der Waals surface area contributed by atoms with E-state index in [9.17, 15) is 4.79 Å². The van der Waals surface area contributed by atoms with E-state index in [2.05, 4.69) is 6.07 Å². The Balaban J connectivity index is 1.61. The zero-order chi connectivity index (χ0) is 16.8. The summed E-state index contributed by atoms with van der Waals surface area (Å²) in [4.78, 5) is 10.5. The maximum Gasteiger partial charge on any atom is 0.303 e. The molecule has 126 valence electrons. The average molecular weight is 326 g/mol. The standard InChI is InChI=1S/C20H22O4/c21-20(22)6-3-13-23-17-11-9-16(10-12-17)18-4-1-2-5-19(18)24-14-15-7-8-15/h1-2,4-5,9-12,15H,3,6-8,13-14H2,(H,21,22). The van der Waals surface area contributed by atoms with E-state index >= 15 is 0 Å². The molecule has 1 saturated carbocycles. The van der Waals surface area contributed by atoms with Crippen molar-refractivity contribution < 1.29 is 19.4 Å². The molecule has 0 heterocycles. The van der Waals surface area contributed by atoms with Gasteiger partial charge in [0, 0.05) is 12.0 Å². The van der Waals surface area contributed by atoms with Crippen molar-refractivity contribution in [2.45, 2.75) is 25.7 Å². The monoisotopic (exact) mass is 326 g/mol. The molecular formula is C20H22O4. The minimum Gasteiger partial charge on any atom is -0.494 e. The summed E-state index contributed by atoms with van der Waals surface area (Å²) < 4.78 is 11.5. The number of hydrogen-bond donors (Lipinski definition) is 1. The molecule has 0 unspecified atom stereocenters. The molecule has 0 saturated heterocycles. The van der Waals surface area contributed by atoms with Crippen molar-refractivity contribution in [3.8, 4) is 22.6 Å². The molecule has 3 rings (SSSR count). The van der Waals surface area contributed by atoms with Gasteiger partial charge in [-0.05, 0) is 48.9 Å². The SMILES string of the molecule is O=C(O)CCCOc1ccc(-c2ccccc2OCC2CC2)cc1. The van der Waals surface area contributed by atoms with Crippen molar-refractivity contribution in [2.75, 3.05) is 13.2 Å². The molecule has 0 aliphatic heterocycles. The molecule has 2 aromatic carbocycles. The zero-order valence-corrected chi connectivity index (χ0v) is 13.6. The highest BCUT2D eigenvalue weighted by Gasteiger charge is 2.22. The largest absolute Gasteiger partial charge is 0.494 e. The van der Waals surface area contributed by atoms with E-state index in [0.29, 0.717) is 13.0 Å². The molecule has 4 nitrogen and oxygen atoms in total. The van der Waals surface area contributed by atoms with Gasteiger partial charge in [0.1, 0.15) is 11.5 Å². The highest BCUT2D eigenvalue weighted by molar-refractivity contribution is 5.70. The van der Waals surface area contributed by atoms with Crippen LogP contribution in [0.25, 0.3) is 11.1 Å². The van der Waals surface area contributed by atoms with Crippen LogP contribution in [0, 0.1) is 5.92 Å². The van der Waals surface area contributed by atoms with Gasteiger partial charge in [-0.15, -0.1) is 0 Å². The lowest BCUT2D eigenvalue weighted by atomic mass is 10.0. The average Bonchev–Trinajstić information content (AvgIpc) is 3.42. The molecule has 0 radical (unpaired) electrons. The number of carboxylic acids is 1. The van der Waals surface area contributed by atoms with Gasteiger partial charge in [-0.1, -0.05) is 30.3 Å². The maximum atomic E-state index is 10.5. The maximum absolute atomic E-state index is 10.5. The van der Waals surface area contributed by atoms with Crippen LogP contribution < -0.4 is 9.47 Å². The third kappa shape index (κ3) is 4.75. The Morgan fingerprint density at radius 3 is 2.50 bits per heavy atom. The Labute approximate surface area is 142 Å². The molecule has 0 aromatic heterocycles. The Morgan fingerprint density at radius 1 is 1.04 bits per heavy atom. The molecule has 1 aliphatic rings. The predicted molar refractivity (Wildman–Crippen MR) is 92.5 cm³/mol. The lowest BCUT2D eigenvalue weighted by Crippen LogP contribution is -2.02. The molecule has 0 atom stereocenters. The first-order valence-electron chi connectivity index (χ1n) is 8.39. The topological polar surface area (TPSA) is 55.8 Å². The fraction of sp³-hybridized carbons (Fsp3) is 0.350. The first-order chi connectivity index (χ1) is 11.7. The Bertz CT molecular complexity index is 674. The van der Waals surface area contributed by atoms with Gasteiger partial charge >= 0.3 is 5.97 Å². The molecule has 2 aromatic rings. The van der Waals surface area contributed by atoms with Crippen LogP contribution >= 0.6 is 0 Å². The van der Waals surface area contributed by atoms with Crippen molar-refractivity contribution in [3.05, 3.63) is 48.5 Å². The van der Waals surface area contributed by atoms with E-state index in [1.54, 1.807) is 0 Å². The van der Waals surface area contributed by atoms with Crippen LogP contribution in [0.15, 0.2) is 48.5 Å². The molecule has 0 bridgehead atoms. The Kier molecular flexibility index (Phi) is 5.36. The smallest absolute Gasteiger partial charge is 0.303 e. The van der Waals surface area contributed by atoms with Gasteiger partial charge in [-0.25, -0.2) is 0 Å². The highest BCUT2D eigenvalue weighted by Crippen LogP contribution is 2.34. The lowest BCUT2D eigenvalue weighted by molar-refractivity contribution is -0.137. The summed E-state index contributed by atoms with van der Waals surface area (Å²) in [5, 5.41) is 8.61. The van der Waals surface area contributed by atoms with Crippen molar-refractivity contribution in [1.82, 2.24) is 0 Å². The third-order valence-corrected chi connectivity index (χ3v) is 4.03. The number of hydrogen-bond acceptors (Lipinski definition) is 3. The summed E-state index contributed by atoms with van der Waals surface area (Å²) >= 11 is 0. The number of rotatable bonds is 9. The second-order valence-electron chi connectivity index (χ2n) is 6.12. The Hall–Kier alpha value is -2.49. The fourth-order valence-electron chi connectivity index (χ4n) is 2.47. The van der Waals surface area contributed by atoms with Crippen molar-refractivity contribution >= 4 is 5.97 Å². The van der Waals surface area contributed by atoms with Crippen LogP contribution in [0.3, 0.4) is 0 Å². The Morgan fingerprint density at radius 2 is 1.79 bits per heavy atom. The van der Waals surface area contributed by atoms with Gasteiger partial charge in [0.2, 0.25) is 0 Å². The quantitative estimate of drug-likeness (QED) is 0.695. The predicted octanol–water partition coefficient (Wildman–Crippen LogP) is 4.39. The molecule has 4 heteroatoms. The second-order valence-corrected chi connectivity index (χ2v) is 6.12. The molecular weight excluding hydrogens is 304 g/mol. The molecule has 0 spiro atoms. The van der Waals surface area contributed by atoms with Crippen LogP contribution in [-0.2, 0) is 4.79 Å². The van der Waals surface area contributed by atoms with E-state index in [0.717, 1.165) is 35.2 Å². The first-order valence-corrected chi connectivity index (χ1v) is 8.39. The van der Waals surface area contributed by atoms with Gasteiger partial charge in [0.05, 0.1) is 13.2 Å². The number of carbonyl (C=O) groups is 1. The van der Waals surface area contributed by atoms with E-state index in [-0.39, 0.29) is 6.42 Å². The lowest BCUT2D eigenvalue weighted by Gasteiger charge is -2.12. The van der Waals surface area contributed by atoms with E-state index in [1.165, 1.54) is 12.8 Å². The van der Waals surface area contributed by atoms with Gasteiger partial charge in [0.25, 0.3) is 0 Å². The second kappa shape index (κ2) is 7.86. The number of aliphatic carboxylic acids is 1. The van der Waals surface area contributed by atoms with Crippen LogP contribution in [0.4, 0.5) is 0 Å². The summed E-state index contributed by atoms with van der Waals surface area (Å²) in [6, 6.07) is 15.9. The summed E-state index contributed by atoms with van der Waals surface area (Å²) in [6.07, 6.45) is 3.19. The van der Waals surface area contributed by atoms with E-state index in [1.807, 2.05) is 42.5 Å². The zero-order valence-electron chi connectivity index (χ0n) is 13.6. The first kappa shape index (κ1) is 16.4. The summed E-state index contributed by atoms with van der Waals surface area (Å²) in [5.41, 5.74) is 2.16. The molecule has 1 N–H and O–H groups in total. The molecule has 1 fully saturated rings. The third-order valence-electron chi connectivity index (χ3n) is 4.03. The van der Waals surface area contributed by atoms with Crippen LogP contribution in [0.2, 0.25) is 0 Å². The van der Waals surface area contributed by atoms with Crippen molar-refractivity contribution in [2.24, 2.45) is 5.92 Å². The minimum absolute atomic E-state index is 0.129. The van der Waals surface area contributed by atoms with Crippen LogP contribution in [0.5, 0.6) is 11.5 Å². The van der Waals surface area contributed by atoms with Gasteiger partial charge in [-0.2, -0.15) is 0 Å². The minimum atomic E-state index is -0.795. The van der Waals surface area contributed by atoms with Gasteiger partial charge in [-0.3, -0.25) is 4.79 Å². The van der Waals surface area contributed by atoms with Crippen molar-refractivity contribution in [3.63, 3.8) is 0 Å². The molecule has 1 aliphatic carbocycles. The summed E-state index contributed by atoms with van der Waals surface area (Å²) in [5.74, 6) is 1.59. The number of benzene rings is 2. The van der Waals surface area contributed by atoms with E-state index in [4.69, 9.17) is 14.6 Å². The van der Waals surface area contributed by atoms with Gasteiger partial charge < -0.3 is 14.6 Å². The fourth-order valence-corrected chi connectivity index (χ4v) is 2.47. The summed E-state index contributed by atoms with van der Waals surface area (Å²) in [6.45, 7) is 1.20. The van der Waals surface area contributed by atoms with Crippen LogP contribution in [-0.4, -0.2) is 24.3 Å². The number of ether oxygens (including phenoxy) is 2.